The van der Waals surface area contributed by atoms with Crippen molar-refractivity contribution in [2.24, 2.45) is 23.2 Å². The van der Waals surface area contributed by atoms with E-state index >= 15 is 0 Å². The van der Waals surface area contributed by atoms with Crippen molar-refractivity contribution < 1.29 is 4.21 Å². The molecule has 0 aromatic rings. The molecule has 4 rings (SSSR count). The Morgan fingerprint density at radius 1 is 1.10 bits per heavy atom. The lowest BCUT2D eigenvalue weighted by Gasteiger charge is -2.59. The fourth-order valence-corrected chi connectivity index (χ4v) is 6.84. The van der Waals surface area contributed by atoms with Gasteiger partial charge >= 0.3 is 0 Å². The van der Waals surface area contributed by atoms with Gasteiger partial charge in [0, 0.05) is 27.8 Å². The molecule has 0 spiro atoms. The van der Waals surface area contributed by atoms with Gasteiger partial charge in [-0.05, 0) is 68.2 Å². The van der Waals surface area contributed by atoms with Gasteiger partial charge in [-0.25, -0.2) is 0 Å². The highest BCUT2D eigenvalue weighted by atomic mass is 32.2. The summed E-state index contributed by atoms with van der Waals surface area (Å²) in [6.45, 7) is 7.41. The van der Waals surface area contributed by atoms with Gasteiger partial charge in [0.1, 0.15) is 0 Å². The standard InChI is InChI=1S/C17H31NOS/c1-4-18-16(11-20(19)12(2)3)17-8-13-5-14(9-17)7-15(6-13)10-17/h12-16,18H,4-11H2,1-3H3. The summed E-state index contributed by atoms with van der Waals surface area (Å²) in [6, 6.07) is 0.490. The molecule has 0 heterocycles. The van der Waals surface area contributed by atoms with Crippen LogP contribution >= 0.6 is 0 Å². The minimum absolute atomic E-state index is 0.296. The smallest absolute Gasteiger partial charge is 0.0396 e. The molecule has 0 radical (unpaired) electrons. The third kappa shape index (κ3) is 2.72. The first-order valence-corrected chi connectivity index (χ1v) is 10.0. The van der Waals surface area contributed by atoms with Crippen molar-refractivity contribution in [2.75, 3.05) is 12.3 Å². The molecule has 0 aromatic carbocycles. The van der Waals surface area contributed by atoms with Crippen molar-refractivity contribution >= 4 is 10.8 Å². The van der Waals surface area contributed by atoms with Gasteiger partial charge in [-0.3, -0.25) is 4.21 Å². The molecular formula is C17H31NOS. The van der Waals surface area contributed by atoms with Gasteiger partial charge < -0.3 is 5.32 Å². The lowest BCUT2D eigenvalue weighted by molar-refractivity contribution is -0.0692. The van der Waals surface area contributed by atoms with Crippen molar-refractivity contribution in [1.82, 2.24) is 5.32 Å². The Kier molecular flexibility index (Phi) is 4.29. The van der Waals surface area contributed by atoms with Gasteiger partial charge in [-0.1, -0.05) is 20.8 Å². The number of rotatable bonds is 6. The van der Waals surface area contributed by atoms with Crippen LogP contribution in [0, 0.1) is 23.2 Å². The quantitative estimate of drug-likeness (QED) is 0.814. The lowest BCUT2D eigenvalue weighted by Crippen LogP contribution is -2.57. The monoisotopic (exact) mass is 297 g/mol. The van der Waals surface area contributed by atoms with Crippen molar-refractivity contribution in [3.05, 3.63) is 0 Å². The van der Waals surface area contributed by atoms with E-state index in [9.17, 15) is 4.21 Å². The maximum atomic E-state index is 12.4. The molecule has 116 valence electrons. The molecule has 1 N–H and O–H groups in total. The van der Waals surface area contributed by atoms with Gasteiger partial charge in [0.25, 0.3) is 0 Å². The molecule has 20 heavy (non-hydrogen) atoms. The molecular weight excluding hydrogens is 266 g/mol. The van der Waals surface area contributed by atoms with Crippen LogP contribution in [0.15, 0.2) is 0 Å². The topological polar surface area (TPSA) is 29.1 Å². The van der Waals surface area contributed by atoms with Crippen LogP contribution < -0.4 is 5.32 Å². The van der Waals surface area contributed by atoms with Gasteiger partial charge in [0.15, 0.2) is 0 Å². The number of hydrogen-bond acceptors (Lipinski definition) is 2. The molecule has 0 saturated heterocycles. The molecule has 0 amide bonds. The first-order chi connectivity index (χ1) is 9.52. The molecule has 3 heteroatoms. The summed E-state index contributed by atoms with van der Waals surface area (Å²) in [5.74, 6) is 3.82. The van der Waals surface area contributed by atoms with E-state index in [1.54, 1.807) is 0 Å². The number of nitrogens with one attached hydrogen (secondary N) is 1. The molecule has 4 saturated carbocycles. The first-order valence-electron chi connectivity index (χ1n) is 8.63. The molecule has 4 aliphatic rings. The zero-order valence-corrected chi connectivity index (χ0v) is 14.2. The van der Waals surface area contributed by atoms with Crippen molar-refractivity contribution in [3.63, 3.8) is 0 Å². The van der Waals surface area contributed by atoms with Gasteiger partial charge in [0.05, 0.1) is 0 Å². The van der Waals surface area contributed by atoms with E-state index in [2.05, 4.69) is 26.1 Å². The van der Waals surface area contributed by atoms with Crippen molar-refractivity contribution in [2.45, 2.75) is 70.6 Å². The van der Waals surface area contributed by atoms with Crippen molar-refractivity contribution in [3.8, 4) is 0 Å². The van der Waals surface area contributed by atoms with Crippen LogP contribution in [0.25, 0.3) is 0 Å². The summed E-state index contributed by atoms with van der Waals surface area (Å²) in [6.07, 6.45) is 8.70. The molecule has 2 nitrogen and oxygen atoms in total. The summed E-state index contributed by atoms with van der Waals surface area (Å²) < 4.78 is 12.4. The highest BCUT2D eigenvalue weighted by Crippen LogP contribution is 2.61. The fraction of sp³-hybridized carbons (Fsp3) is 1.00. The molecule has 4 aliphatic carbocycles. The highest BCUT2D eigenvalue weighted by Gasteiger charge is 2.54. The van der Waals surface area contributed by atoms with Crippen LogP contribution in [0.3, 0.4) is 0 Å². The molecule has 0 aliphatic heterocycles. The normalized spacial score (nSPS) is 42.1. The predicted octanol–water partition coefficient (Wildman–Crippen LogP) is 3.34. The first kappa shape index (κ1) is 15.0. The Balaban J connectivity index is 1.78. The predicted molar refractivity (Wildman–Crippen MR) is 86.2 cm³/mol. The maximum absolute atomic E-state index is 12.4. The molecule has 2 atom stereocenters. The molecule has 4 bridgehead atoms. The minimum atomic E-state index is -0.679. The maximum Gasteiger partial charge on any atom is 0.0396 e. The Morgan fingerprint density at radius 3 is 2.00 bits per heavy atom. The minimum Gasteiger partial charge on any atom is -0.313 e. The second-order valence-electron chi connectivity index (χ2n) is 7.99. The SMILES string of the molecule is CCNC(CS(=O)C(C)C)C12CC3CC(CC(C3)C1)C2. The van der Waals surface area contributed by atoms with E-state index in [1.807, 2.05) is 0 Å². The third-order valence-corrected chi connectivity index (χ3v) is 7.85. The number of hydrogen-bond donors (Lipinski definition) is 1. The third-order valence-electron chi connectivity index (χ3n) is 6.13. The Bertz CT molecular complexity index is 344. The second-order valence-corrected chi connectivity index (χ2v) is 10.0. The van der Waals surface area contributed by atoms with E-state index in [-0.39, 0.29) is 0 Å². The van der Waals surface area contributed by atoms with Gasteiger partial charge in [0.2, 0.25) is 0 Å². The highest BCUT2D eigenvalue weighted by molar-refractivity contribution is 7.85. The Labute approximate surface area is 126 Å². The second kappa shape index (κ2) is 5.72. The average Bonchev–Trinajstić information content (AvgIpc) is 2.36. The summed E-state index contributed by atoms with van der Waals surface area (Å²) >= 11 is 0. The molecule has 2 unspecified atom stereocenters. The van der Waals surface area contributed by atoms with E-state index < -0.39 is 10.8 Å². The Morgan fingerprint density at radius 2 is 1.60 bits per heavy atom. The zero-order valence-electron chi connectivity index (χ0n) is 13.4. The Hall–Kier alpha value is 0.110. The van der Waals surface area contributed by atoms with Crippen LogP contribution in [0.2, 0.25) is 0 Å². The lowest BCUT2D eigenvalue weighted by atomic mass is 9.48. The summed E-state index contributed by atoms with van der Waals surface area (Å²) in [4.78, 5) is 0. The van der Waals surface area contributed by atoms with Crippen LogP contribution in [0.5, 0.6) is 0 Å². The van der Waals surface area contributed by atoms with Crippen LogP contribution in [-0.4, -0.2) is 27.8 Å². The van der Waals surface area contributed by atoms with Gasteiger partial charge in [-0.2, -0.15) is 0 Å². The van der Waals surface area contributed by atoms with Crippen LogP contribution in [-0.2, 0) is 10.8 Å². The zero-order chi connectivity index (χ0) is 14.3. The summed E-state index contributed by atoms with van der Waals surface area (Å²) in [5, 5.41) is 4.03. The van der Waals surface area contributed by atoms with Crippen molar-refractivity contribution in [1.29, 1.82) is 0 Å². The van der Waals surface area contributed by atoms with Gasteiger partial charge in [-0.15, -0.1) is 0 Å². The molecule has 4 fully saturated rings. The van der Waals surface area contributed by atoms with E-state index in [1.165, 1.54) is 38.5 Å². The fourth-order valence-electron chi connectivity index (χ4n) is 5.66. The largest absolute Gasteiger partial charge is 0.313 e. The van der Waals surface area contributed by atoms with E-state index in [4.69, 9.17) is 0 Å². The molecule has 0 aromatic heterocycles. The van der Waals surface area contributed by atoms with E-state index in [0.717, 1.165) is 30.1 Å². The van der Waals surface area contributed by atoms with Crippen LogP contribution in [0.1, 0.15) is 59.3 Å². The van der Waals surface area contributed by atoms with Crippen LogP contribution in [0.4, 0.5) is 0 Å². The average molecular weight is 298 g/mol. The summed E-state index contributed by atoms with van der Waals surface area (Å²) in [5.41, 5.74) is 0.481. The summed E-state index contributed by atoms with van der Waals surface area (Å²) in [7, 11) is -0.679. The van der Waals surface area contributed by atoms with E-state index in [0.29, 0.717) is 16.7 Å².